The number of halogens is 1. The Kier molecular flexibility index (Phi) is 8.05. The standard InChI is InChI=1S/C23H21ClN4O6S/c1-16(17-7-6-8-19(13-17)28(30)31)25-26-23(29)15-27(21-14-18(24)11-12-22(21)34-2)35(32,33)20-9-4-3-5-10-20/h3-14H,15H2,1-2H3,(H,26,29)/b25-16-. The number of nitro groups is 1. The summed E-state index contributed by atoms with van der Waals surface area (Å²) in [6.45, 7) is 0.914. The van der Waals surface area contributed by atoms with E-state index in [1.54, 1.807) is 31.2 Å². The van der Waals surface area contributed by atoms with E-state index in [9.17, 15) is 23.3 Å². The van der Waals surface area contributed by atoms with Crippen LogP contribution in [-0.2, 0) is 14.8 Å². The summed E-state index contributed by atoms with van der Waals surface area (Å²) in [6.07, 6.45) is 0. The van der Waals surface area contributed by atoms with Gasteiger partial charge in [-0.3, -0.25) is 19.2 Å². The molecule has 0 atom stereocenters. The SMILES string of the molecule is COc1ccc(Cl)cc1N(CC(=O)N/N=C(/C)c1cccc([N+](=O)[O-])c1)S(=O)(=O)c1ccccc1. The Morgan fingerprint density at radius 2 is 1.83 bits per heavy atom. The zero-order valence-corrected chi connectivity index (χ0v) is 20.3. The molecule has 182 valence electrons. The van der Waals surface area contributed by atoms with Gasteiger partial charge in [0, 0.05) is 22.7 Å². The number of ether oxygens (including phenoxy) is 1. The van der Waals surface area contributed by atoms with Crippen molar-refractivity contribution in [2.24, 2.45) is 5.10 Å². The summed E-state index contributed by atoms with van der Waals surface area (Å²) in [5.74, 6) is -0.561. The molecule has 0 aliphatic heterocycles. The molecule has 0 fully saturated rings. The Morgan fingerprint density at radius 1 is 1.11 bits per heavy atom. The number of benzene rings is 3. The van der Waals surface area contributed by atoms with Gasteiger partial charge in [0.05, 0.1) is 28.3 Å². The van der Waals surface area contributed by atoms with Crippen LogP contribution in [0.25, 0.3) is 0 Å². The third kappa shape index (κ3) is 6.14. The lowest BCUT2D eigenvalue weighted by molar-refractivity contribution is -0.384. The van der Waals surface area contributed by atoms with Crippen molar-refractivity contribution in [3.05, 3.63) is 93.5 Å². The fraction of sp³-hybridized carbons (Fsp3) is 0.130. The van der Waals surface area contributed by atoms with Crippen LogP contribution >= 0.6 is 11.6 Å². The van der Waals surface area contributed by atoms with E-state index in [0.29, 0.717) is 11.3 Å². The average Bonchev–Trinajstić information content (AvgIpc) is 2.86. The van der Waals surface area contributed by atoms with Crippen LogP contribution in [0.5, 0.6) is 5.75 Å². The first-order chi connectivity index (χ1) is 16.6. The number of nitro benzene ring substituents is 1. The molecule has 0 heterocycles. The quantitative estimate of drug-likeness (QED) is 0.260. The molecule has 0 radical (unpaired) electrons. The van der Waals surface area contributed by atoms with Crippen LogP contribution in [0.3, 0.4) is 0 Å². The number of hydrogen-bond donors (Lipinski definition) is 1. The van der Waals surface area contributed by atoms with Gasteiger partial charge in [-0.2, -0.15) is 5.10 Å². The number of hydrogen-bond acceptors (Lipinski definition) is 7. The Morgan fingerprint density at radius 3 is 2.49 bits per heavy atom. The third-order valence-corrected chi connectivity index (χ3v) is 6.86. The van der Waals surface area contributed by atoms with Gasteiger partial charge in [0.2, 0.25) is 0 Å². The van der Waals surface area contributed by atoms with E-state index in [0.717, 1.165) is 4.31 Å². The third-order valence-electron chi connectivity index (χ3n) is 4.85. The molecule has 35 heavy (non-hydrogen) atoms. The maximum Gasteiger partial charge on any atom is 0.270 e. The van der Waals surface area contributed by atoms with Gasteiger partial charge in [-0.05, 0) is 37.3 Å². The van der Waals surface area contributed by atoms with E-state index in [-0.39, 0.29) is 27.0 Å². The summed E-state index contributed by atoms with van der Waals surface area (Å²) >= 11 is 6.11. The van der Waals surface area contributed by atoms with Crippen LogP contribution in [0.4, 0.5) is 11.4 Å². The average molecular weight is 517 g/mol. The second-order valence-electron chi connectivity index (χ2n) is 7.18. The number of anilines is 1. The molecular formula is C23H21ClN4O6S. The molecule has 0 bridgehead atoms. The first kappa shape index (κ1) is 25.7. The van der Waals surface area contributed by atoms with Crippen molar-refractivity contribution in [3.8, 4) is 5.75 Å². The molecule has 0 unspecified atom stereocenters. The zero-order valence-electron chi connectivity index (χ0n) is 18.7. The monoisotopic (exact) mass is 516 g/mol. The lowest BCUT2D eigenvalue weighted by Gasteiger charge is -2.25. The number of amides is 1. The predicted molar refractivity (Wildman–Crippen MR) is 132 cm³/mol. The highest BCUT2D eigenvalue weighted by molar-refractivity contribution is 7.92. The molecular weight excluding hydrogens is 496 g/mol. The number of non-ortho nitro benzene ring substituents is 1. The molecule has 0 aromatic heterocycles. The van der Waals surface area contributed by atoms with Crippen molar-refractivity contribution in [2.75, 3.05) is 18.0 Å². The maximum absolute atomic E-state index is 13.5. The van der Waals surface area contributed by atoms with Crippen LogP contribution in [0, 0.1) is 10.1 Å². The van der Waals surface area contributed by atoms with Gasteiger partial charge in [-0.15, -0.1) is 0 Å². The molecule has 3 rings (SSSR count). The van der Waals surface area contributed by atoms with Crippen LogP contribution in [0.1, 0.15) is 12.5 Å². The normalized spacial score (nSPS) is 11.6. The number of methoxy groups -OCH3 is 1. The predicted octanol–water partition coefficient (Wildman–Crippen LogP) is 3.99. The van der Waals surface area contributed by atoms with E-state index in [2.05, 4.69) is 10.5 Å². The topological polar surface area (TPSA) is 131 Å². The van der Waals surface area contributed by atoms with Gasteiger partial charge < -0.3 is 4.74 Å². The van der Waals surface area contributed by atoms with Crippen molar-refractivity contribution in [2.45, 2.75) is 11.8 Å². The second kappa shape index (κ2) is 11.0. The van der Waals surface area contributed by atoms with Crippen molar-refractivity contribution in [1.29, 1.82) is 0 Å². The molecule has 0 aliphatic carbocycles. The summed E-state index contributed by atoms with van der Waals surface area (Å²) in [4.78, 5) is 23.2. The lowest BCUT2D eigenvalue weighted by Crippen LogP contribution is -2.40. The summed E-state index contributed by atoms with van der Waals surface area (Å²) in [5.41, 5.74) is 2.96. The van der Waals surface area contributed by atoms with Gasteiger partial charge in [-0.25, -0.2) is 13.8 Å². The van der Waals surface area contributed by atoms with Crippen LogP contribution in [0.2, 0.25) is 5.02 Å². The van der Waals surface area contributed by atoms with Crippen LogP contribution in [-0.4, -0.2) is 38.6 Å². The first-order valence-electron chi connectivity index (χ1n) is 10.1. The number of carbonyl (C=O) groups excluding carboxylic acids is 1. The molecule has 1 N–H and O–H groups in total. The molecule has 3 aromatic rings. The largest absolute Gasteiger partial charge is 0.495 e. The van der Waals surface area contributed by atoms with Gasteiger partial charge in [0.15, 0.2) is 0 Å². The van der Waals surface area contributed by atoms with E-state index < -0.39 is 27.4 Å². The fourth-order valence-electron chi connectivity index (χ4n) is 3.10. The number of nitrogens with zero attached hydrogens (tertiary/aromatic N) is 3. The van der Waals surface area contributed by atoms with E-state index in [1.165, 1.54) is 55.6 Å². The first-order valence-corrected chi connectivity index (χ1v) is 11.9. The molecule has 1 amide bonds. The molecule has 0 spiro atoms. The van der Waals surface area contributed by atoms with Crippen molar-refractivity contribution in [3.63, 3.8) is 0 Å². The Bertz CT molecular complexity index is 1380. The highest BCUT2D eigenvalue weighted by Gasteiger charge is 2.29. The maximum atomic E-state index is 13.5. The Labute approximate surface area is 207 Å². The molecule has 0 saturated heterocycles. The van der Waals surface area contributed by atoms with Crippen LogP contribution in [0.15, 0.2) is 82.8 Å². The van der Waals surface area contributed by atoms with Crippen molar-refractivity contribution >= 4 is 44.6 Å². The summed E-state index contributed by atoms with van der Waals surface area (Å²) in [6, 6.07) is 17.7. The van der Waals surface area contributed by atoms with Gasteiger partial charge >= 0.3 is 0 Å². The molecule has 10 nitrogen and oxygen atoms in total. The minimum Gasteiger partial charge on any atom is -0.495 e. The fourth-order valence-corrected chi connectivity index (χ4v) is 4.71. The van der Waals surface area contributed by atoms with Crippen LogP contribution < -0.4 is 14.5 Å². The number of sulfonamides is 1. The Balaban J connectivity index is 1.93. The summed E-state index contributed by atoms with van der Waals surface area (Å²) in [7, 11) is -2.83. The molecule has 0 saturated carbocycles. The van der Waals surface area contributed by atoms with Gasteiger partial charge in [0.25, 0.3) is 21.6 Å². The van der Waals surface area contributed by atoms with Gasteiger partial charge in [-0.1, -0.05) is 41.9 Å². The summed E-state index contributed by atoms with van der Waals surface area (Å²) < 4.78 is 33.1. The van der Waals surface area contributed by atoms with E-state index >= 15 is 0 Å². The molecule has 12 heteroatoms. The lowest BCUT2D eigenvalue weighted by atomic mass is 10.1. The second-order valence-corrected chi connectivity index (χ2v) is 9.48. The number of carbonyl (C=O) groups is 1. The minimum absolute atomic E-state index is 0.0360. The van der Waals surface area contributed by atoms with Gasteiger partial charge in [0.1, 0.15) is 12.3 Å². The highest BCUT2D eigenvalue weighted by Crippen LogP contribution is 2.34. The zero-order chi connectivity index (χ0) is 25.6. The van der Waals surface area contributed by atoms with E-state index in [4.69, 9.17) is 16.3 Å². The highest BCUT2D eigenvalue weighted by atomic mass is 35.5. The number of nitrogens with one attached hydrogen (secondary N) is 1. The number of rotatable bonds is 9. The number of hydrazone groups is 1. The summed E-state index contributed by atoms with van der Waals surface area (Å²) in [5, 5.41) is 15.2. The minimum atomic E-state index is -4.19. The smallest absolute Gasteiger partial charge is 0.270 e. The molecule has 0 aliphatic rings. The van der Waals surface area contributed by atoms with Crippen molar-refractivity contribution < 1.29 is 22.9 Å². The van der Waals surface area contributed by atoms with E-state index in [1.807, 2.05) is 0 Å². The van der Waals surface area contributed by atoms with Crippen molar-refractivity contribution in [1.82, 2.24) is 5.43 Å². The Hall–Kier alpha value is -3.96. The molecule has 3 aromatic carbocycles.